The van der Waals surface area contributed by atoms with E-state index in [1.54, 1.807) is 24.3 Å². The van der Waals surface area contributed by atoms with E-state index in [2.05, 4.69) is 19.4 Å². The van der Waals surface area contributed by atoms with E-state index in [1.165, 1.54) is 12.1 Å². The zero-order valence-electron chi connectivity index (χ0n) is 10.8. The highest BCUT2D eigenvalue weighted by Crippen LogP contribution is 2.21. The van der Waals surface area contributed by atoms with Crippen molar-refractivity contribution in [3.05, 3.63) is 48.3 Å². The van der Waals surface area contributed by atoms with Gasteiger partial charge in [-0.05, 0) is 30.3 Å². The Morgan fingerprint density at radius 3 is 2.90 bits per heavy atom. The molecule has 7 heteroatoms. The lowest BCUT2D eigenvalue weighted by atomic mass is 10.2. The Bertz CT molecular complexity index is 789. The second-order valence-electron chi connectivity index (χ2n) is 4.35. The Labute approximate surface area is 124 Å². The van der Waals surface area contributed by atoms with Crippen LogP contribution in [0.3, 0.4) is 0 Å². The summed E-state index contributed by atoms with van der Waals surface area (Å²) in [4.78, 5) is 11.9. The third-order valence-electron chi connectivity index (χ3n) is 2.84. The Kier molecular flexibility index (Phi) is 3.74. The van der Waals surface area contributed by atoms with Crippen molar-refractivity contribution in [1.82, 2.24) is 8.75 Å². The average molecular weight is 302 g/mol. The van der Waals surface area contributed by atoms with Crippen molar-refractivity contribution in [3.63, 3.8) is 0 Å². The Hall–Kier alpha value is -2.54. The van der Waals surface area contributed by atoms with E-state index in [9.17, 15) is 9.18 Å². The van der Waals surface area contributed by atoms with Gasteiger partial charge >= 0.3 is 0 Å². The number of hydrogen-bond acceptors (Lipinski definition) is 5. The summed E-state index contributed by atoms with van der Waals surface area (Å²) >= 11 is 1.10. The molecule has 1 aromatic heterocycles. The van der Waals surface area contributed by atoms with Crippen LogP contribution in [-0.4, -0.2) is 21.2 Å². The number of fused-ring (bicyclic) bond motifs is 1. The number of nitrogens with zero attached hydrogens (tertiary/aromatic N) is 2. The van der Waals surface area contributed by atoms with Crippen LogP contribution in [0.25, 0.3) is 11.0 Å². The molecule has 5 nitrogen and oxygen atoms in total. The van der Waals surface area contributed by atoms with E-state index in [1.807, 2.05) is 6.07 Å². The van der Waals surface area contributed by atoms with Gasteiger partial charge in [-0.15, -0.1) is 0 Å². The lowest BCUT2D eigenvalue weighted by Gasteiger charge is -2.08. The topological polar surface area (TPSA) is 66.9 Å². The number of carbonyl (C=O) groups is 1. The van der Waals surface area contributed by atoms with Crippen molar-refractivity contribution in [3.8, 4) is 0 Å². The highest BCUT2D eigenvalue weighted by atomic mass is 32.1. The predicted molar refractivity (Wildman–Crippen MR) is 80.9 cm³/mol. The van der Waals surface area contributed by atoms with Crippen molar-refractivity contribution in [2.24, 2.45) is 0 Å². The molecular weight excluding hydrogens is 291 g/mol. The van der Waals surface area contributed by atoms with E-state index >= 15 is 0 Å². The van der Waals surface area contributed by atoms with Crippen LogP contribution in [0, 0.1) is 5.82 Å². The second-order valence-corrected chi connectivity index (χ2v) is 4.88. The first-order valence-electron chi connectivity index (χ1n) is 6.23. The zero-order valence-corrected chi connectivity index (χ0v) is 11.7. The minimum absolute atomic E-state index is 0.0391. The van der Waals surface area contributed by atoms with Crippen LogP contribution in [0.4, 0.5) is 15.8 Å². The summed E-state index contributed by atoms with van der Waals surface area (Å²) in [5.41, 5.74) is 2.59. The van der Waals surface area contributed by atoms with E-state index in [0.717, 1.165) is 17.2 Å². The van der Waals surface area contributed by atoms with Gasteiger partial charge in [0.25, 0.3) is 0 Å². The summed E-state index contributed by atoms with van der Waals surface area (Å²) in [6.07, 6.45) is 0. The molecule has 1 amide bonds. The molecule has 0 radical (unpaired) electrons. The molecule has 0 aliphatic rings. The highest BCUT2D eigenvalue weighted by Gasteiger charge is 2.08. The number of anilines is 2. The maximum absolute atomic E-state index is 13.0. The van der Waals surface area contributed by atoms with Crippen LogP contribution in [0.1, 0.15) is 0 Å². The summed E-state index contributed by atoms with van der Waals surface area (Å²) in [6, 6.07) is 11.4. The molecule has 0 saturated carbocycles. The van der Waals surface area contributed by atoms with Gasteiger partial charge in [-0.3, -0.25) is 4.79 Å². The summed E-state index contributed by atoms with van der Waals surface area (Å²) in [6.45, 7) is 0.0391. The van der Waals surface area contributed by atoms with Crippen LogP contribution >= 0.6 is 11.7 Å². The summed E-state index contributed by atoms with van der Waals surface area (Å²) in [5.74, 6) is -0.585. The van der Waals surface area contributed by atoms with Gasteiger partial charge in [0.1, 0.15) is 16.9 Å². The highest BCUT2D eigenvalue weighted by molar-refractivity contribution is 7.00. The predicted octanol–water partition coefficient (Wildman–Crippen LogP) is 2.88. The first kappa shape index (κ1) is 13.4. The first-order valence-corrected chi connectivity index (χ1v) is 6.96. The molecule has 1 heterocycles. The number of rotatable bonds is 4. The molecule has 0 aliphatic carbocycles. The van der Waals surface area contributed by atoms with E-state index in [0.29, 0.717) is 16.9 Å². The maximum atomic E-state index is 13.0. The van der Waals surface area contributed by atoms with E-state index < -0.39 is 0 Å². The molecule has 0 spiro atoms. The fourth-order valence-electron chi connectivity index (χ4n) is 1.88. The number of benzene rings is 2. The smallest absolute Gasteiger partial charge is 0.243 e. The molecule has 3 rings (SSSR count). The number of aromatic nitrogens is 2. The number of carbonyl (C=O) groups excluding carboxylic acids is 1. The number of halogens is 1. The molecule has 0 atom stereocenters. The molecule has 2 aromatic carbocycles. The molecule has 3 aromatic rings. The standard InChI is InChI=1S/C14H11FN4OS/c15-9-3-1-4-10(7-9)16-8-13(20)17-11-5-2-6-12-14(11)19-21-18-12/h1-7,16H,8H2,(H,17,20). The minimum Gasteiger partial charge on any atom is -0.376 e. The zero-order chi connectivity index (χ0) is 14.7. The van der Waals surface area contributed by atoms with Crippen molar-refractivity contribution in [2.45, 2.75) is 0 Å². The van der Waals surface area contributed by atoms with Crippen molar-refractivity contribution in [2.75, 3.05) is 17.2 Å². The van der Waals surface area contributed by atoms with Gasteiger partial charge in [-0.25, -0.2) is 4.39 Å². The Morgan fingerprint density at radius 1 is 1.19 bits per heavy atom. The Morgan fingerprint density at radius 2 is 2.05 bits per heavy atom. The third-order valence-corrected chi connectivity index (χ3v) is 3.38. The molecule has 21 heavy (non-hydrogen) atoms. The largest absolute Gasteiger partial charge is 0.376 e. The summed E-state index contributed by atoms with van der Waals surface area (Å²) in [5, 5.41) is 5.63. The van der Waals surface area contributed by atoms with Gasteiger partial charge in [-0.2, -0.15) is 8.75 Å². The van der Waals surface area contributed by atoms with Crippen molar-refractivity contribution < 1.29 is 9.18 Å². The lowest BCUT2D eigenvalue weighted by molar-refractivity contribution is -0.114. The van der Waals surface area contributed by atoms with Crippen LogP contribution in [0.5, 0.6) is 0 Å². The third kappa shape index (κ3) is 3.14. The summed E-state index contributed by atoms with van der Waals surface area (Å²) < 4.78 is 21.3. The van der Waals surface area contributed by atoms with Crippen LogP contribution in [-0.2, 0) is 4.79 Å². The van der Waals surface area contributed by atoms with Gasteiger partial charge in [0.15, 0.2) is 0 Å². The molecule has 106 valence electrons. The van der Waals surface area contributed by atoms with Crippen molar-refractivity contribution >= 4 is 40.0 Å². The lowest BCUT2D eigenvalue weighted by Crippen LogP contribution is -2.21. The van der Waals surface area contributed by atoms with Crippen LogP contribution in [0.15, 0.2) is 42.5 Å². The van der Waals surface area contributed by atoms with Gasteiger partial charge in [0, 0.05) is 5.69 Å². The van der Waals surface area contributed by atoms with Gasteiger partial charge in [0.2, 0.25) is 5.91 Å². The van der Waals surface area contributed by atoms with Gasteiger partial charge in [0.05, 0.1) is 24.0 Å². The quantitative estimate of drug-likeness (QED) is 0.777. The summed E-state index contributed by atoms with van der Waals surface area (Å²) in [7, 11) is 0. The number of hydrogen-bond donors (Lipinski definition) is 2. The first-order chi connectivity index (χ1) is 10.2. The molecule has 0 fully saturated rings. The van der Waals surface area contributed by atoms with Gasteiger partial charge < -0.3 is 10.6 Å². The molecule has 0 bridgehead atoms. The number of amides is 1. The van der Waals surface area contributed by atoms with E-state index in [4.69, 9.17) is 0 Å². The molecular formula is C14H11FN4OS. The van der Waals surface area contributed by atoms with Crippen LogP contribution in [0.2, 0.25) is 0 Å². The molecule has 0 aliphatic heterocycles. The van der Waals surface area contributed by atoms with Gasteiger partial charge in [-0.1, -0.05) is 12.1 Å². The van der Waals surface area contributed by atoms with Crippen molar-refractivity contribution in [1.29, 1.82) is 0 Å². The Balaban J connectivity index is 1.65. The second kappa shape index (κ2) is 5.84. The fourth-order valence-corrected chi connectivity index (χ4v) is 2.43. The minimum atomic E-state index is -0.348. The monoisotopic (exact) mass is 302 g/mol. The number of nitrogens with one attached hydrogen (secondary N) is 2. The normalized spacial score (nSPS) is 10.5. The average Bonchev–Trinajstić information content (AvgIpc) is 2.95. The van der Waals surface area contributed by atoms with E-state index in [-0.39, 0.29) is 18.3 Å². The maximum Gasteiger partial charge on any atom is 0.243 e. The molecule has 2 N–H and O–H groups in total. The molecule has 0 unspecified atom stereocenters. The van der Waals surface area contributed by atoms with Crippen LogP contribution < -0.4 is 10.6 Å². The fraction of sp³-hybridized carbons (Fsp3) is 0.0714. The molecule has 0 saturated heterocycles. The SMILES string of the molecule is O=C(CNc1cccc(F)c1)Nc1cccc2nsnc12.